The Morgan fingerprint density at radius 2 is 1.66 bits per heavy atom. The second kappa shape index (κ2) is 10.4. The molecule has 0 aliphatic carbocycles. The van der Waals surface area contributed by atoms with Gasteiger partial charge in [0, 0.05) is 16.9 Å². The highest BCUT2D eigenvalue weighted by atomic mass is 35.5. The van der Waals surface area contributed by atoms with E-state index in [9.17, 15) is 31.2 Å². The first-order valence-electron chi connectivity index (χ1n) is 9.88. The Bertz CT molecular complexity index is 1380. The van der Waals surface area contributed by atoms with Crippen molar-refractivity contribution in [3.05, 3.63) is 82.9 Å². The van der Waals surface area contributed by atoms with Crippen LogP contribution in [-0.2, 0) is 21.0 Å². The number of ether oxygens (including phenoxy) is 1. The van der Waals surface area contributed by atoms with Crippen LogP contribution in [0.15, 0.2) is 71.6 Å². The monoisotopic (exact) mass is 526 g/mol. The summed E-state index contributed by atoms with van der Waals surface area (Å²) in [6.07, 6.45) is -4.63. The topological polar surface area (TPSA) is 102 Å². The molecule has 0 fully saturated rings. The van der Waals surface area contributed by atoms with Crippen LogP contribution in [0, 0.1) is 0 Å². The molecule has 0 saturated heterocycles. The van der Waals surface area contributed by atoms with Crippen LogP contribution in [0.1, 0.15) is 22.8 Å². The highest BCUT2D eigenvalue weighted by Gasteiger charge is 2.30. The van der Waals surface area contributed by atoms with Crippen molar-refractivity contribution in [3.63, 3.8) is 0 Å². The molecule has 0 saturated carbocycles. The summed E-state index contributed by atoms with van der Waals surface area (Å²) in [7, 11) is -4.26. The zero-order valence-electron chi connectivity index (χ0n) is 18.0. The average molecular weight is 527 g/mol. The lowest BCUT2D eigenvalue weighted by molar-refractivity contribution is -0.137. The van der Waals surface area contributed by atoms with E-state index in [0.717, 1.165) is 24.3 Å². The molecule has 0 bridgehead atoms. The molecule has 0 unspecified atom stereocenters. The number of anilines is 2. The molecule has 3 rings (SSSR count). The Morgan fingerprint density at radius 3 is 2.31 bits per heavy atom. The third kappa shape index (κ3) is 6.96. The molecule has 35 heavy (non-hydrogen) atoms. The molecule has 0 aliphatic heterocycles. The summed E-state index contributed by atoms with van der Waals surface area (Å²) >= 11 is 6.09. The van der Waals surface area contributed by atoms with E-state index >= 15 is 0 Å². The second-order valence-electron chi connectivity index (χ2n) is 7.25. The SMILES string of the molecule is CC(=O)c1cccc(NC(=O)COc2ccc(S(=O)(=O)Nc3cccc(C(F)(F)F)c3)cc2Cl)c1. The Kier molecular flexibility index (Phi) is 7.71. The van der Waals surface area contributed by atoms with Gasteiger partial charge in [0.15, 0.2) is 12.4 Å². The minimum absolute atomic E-state index is 0.0114. The fraction of sp³-hybridized carbons (Fsp3) is 0.130. The molecule has 2 N–H and O–H groups in total. The summed E-state index contributed by atoms with van der Waals surface area (Å²) in [6, 6.07) is 13.4. The summed E-state index contributed by atoms with van der Waals surface area (Å²) in [4.78, 5) is 23.3. The van der Waals surface area contributed by atoms with Crippen LogP contribution >= 0.6 is 11.6 Å². The van der Waals surface area contributed by atoms with Crippen molar-refractivity contribution in [1.82, 2.24) is 0 Å². The zero-order chi connectivity index (χ0) is 25.8. The molecular weight excluding hydrogens is 509 g/mol. The van der Waals surface area contributed by atoms with Crippen LogP contribution < -0.4 is 14.8 Å². The molecular formula is C23H18ClF3N2O5S. The Balaban J connectivity index is 1.66. The van der Waals surface area contributed by atoms with Gasteiger partial charge in [0.1, 0.15) is 5.75 Å². The van der Waals surface area contributed by atoms with Crippen molar-refractivity contribution < 1.29 is 35.9 Å². The van der Waals surface area contributed by atoms with E-state index in [2.05, 4.69) is 10.0 Å². The standard InChI is InChI=1S/C23H18ClF3N2O5S/c1-14(30)15-4-2-6-17(10-15)28-22(31)13-34-21-9-8-19(12-20(21)24)35(32,33)29-18-7-3-5-16(11-18)23(25,26)27/h2-12,29H,13H2,1H3,(H,28,31). The van der Waals surface area contributed by atoms with Crippen molar-refractivity contribution in [3.8, 4) is 5.75 Å². The maximum atomic E-state index is 12.9. The van der Waals surface area contributed by atoms with Crippen molar-refractivity contribution in [1.29, 1.82) is 0 Å². The van der Waals surface area contributed by atoms with Gasteiger partial charge in [-0.2, -0.15) is 13.2 Å². The Morgan fingerprint density at radius 1 is 0.971 bits per heavy atom. The van der Waals surface area contributed by atoms with Gasteiger partial charge in [0.05, 0.1) is 15.5 Å². The number of nitrogens with one attached hydrogen (secondary N) is 2. The average Bonchev–Trinajstić information content (AvgIpc) is 2.77. The van der Waals surface area contributed by atoms with E-state index in [4.69, 9.17) is 16.3 Å². The first-order valence-corrected chi connectivity index (χ1v) is 11.7. The molecule has 1 amide bonds. The van der Waals surface area contributed by atoms with Gasteiger partial charge in [-0.3, -0.25) is 14.3 Å². The number of hydrogen-bond acceptors (Lipinski definition) is 5. The minimum Gasteiger partial charge on any atom is -0.482 e. The first-order chi connectivity index (χ1) is 16.3. The van der Waals surface area contributed by atoms with Gasteiger partial charge < -0.3 is 10.1 Å². The van der Waals surface area contributed by atoms with Crippen LogP contribution in [-0.4, -0.2) is 26.7 Å². The van der Waals surface area contributed by atoms with Gasteiger partial charge >= 0.3 is 6.18 Å². The van der Waals surface area contributed by atoms with Gasteiger partial charge in [0.25, 0.3) is 15.9 Å². The molecule has 0 radical (unpaired) electrons. The maximum Gasteiger partial charge on any atom is 0.416 e. The van der Waals surface area contributed by atoms with E-state index in [1.54, 1.807) is 18.2 Å². The molecule has 3 aromatic carbocycles. The number of sulfonamides is 1. The van der Waals surface area contributed by atoms with E-state index < -0.39 is 34.3 Å². The van der Waals surface area contributed by atoms with E-state index in [0.29, 0.717) is 17.3 Å². The van der Waals surface area contributed by atoms with Crippen LogP contribution in [0.3, 0.4) is 0 Å². The molecule has 0 spiro atoms. The van der Waals surface area contributed by atoms with Crippen molar-refractivity contribution in [2.45, 2.75) is 18.0 Å². The Hall–Kier alpha value is -3.57. The highest BCUT2D eigenvalue weighted by Crippen LogP contribution is 2.32. The fourth-order valence-electron chi connectivity index (χ4n) is 2.90. The minimum atomic E-state index is -4.63. The summed E-state index contributed by atoms with van der Waals surface area (Å²) < 4.78 is 71.2. The first kappa shape index (κ1) is 26.0. The fourth-order valence-corrected chi connectivity index (χ4v) is 4.27. The molecule has 7 nitrogen and oxygen atoms in total. The number of halogens is 4. The third-order valence-electron chi connectivity index (χ3n) is 4.57. The molecule has 0 atom stereocenters. The number of ketones is 1. The summed E-state index contributed by atoms with van der Waals surface area (Å²) in [5.41, 5.74) is -0.477. The largest absolute Gasteiger partial charge is 0.482 e. The lowest BCUT2D eigenvalue weighted by Crippen LogP contribution is -2.20. The zero-order valence-corrected chi connectivity index (χ0v) is 19.6. The van der Waals surface area contributed by atoms with Crippen LogP contribution in [0.25, 0.3) is 0 Å². The number of rotatable bonds is 8. The van der Waals surface area contributed by atoms with Crippen molar-refractivity contribution in [2.75, 3.05) is 16.6 Å². The Labute approximate surface area is 203 Å². The molecule has 184 valence electrons. The highest BCUT2D eigenvalue weighted by molar-refractivity contribution is 7.92. The van der Waals surface area contributed by atoms with Crippen LogP contribution in [0.4, 0.5) is 24.5 Å². The normalized spacial score (nSPS) is 11.6. The van der Waals surface area contributed by atoms with Crippen LogP contribution in [0.2, 0.25) is 5.02 Å². The summed E-state index contributed by atoms with van der Waals surface area (Å²) in [5.74, 6) is -0.705. The van der Waals surface area contributed by atoms with Gasteiger partial charge in [0.2, 0.25) is 0 Å². The molecule has 12 heteroatoms. The molecule has 3 aromatic rings. The number of amides is 1. The lowest BCUT2D eigenvalue weighted by Gasteiger charge is -2.13. The predicted octanol–water partition coefficient (Wildman–Crippen LogP) is 5.38. The van der Waals surface area contributed by atoms with Gasteiger partial charge in [-0.25, -0.2) is 8.42 Å². The molecule has 0 aromatic heterocycles. The van der Waals surface area contributed by atoms with Crippen molar-refractivity contribution >= 4 is 44.7 Å². The van der Waals surface area contributed by atoms with E-state index in [-0.39, 0.29) is 27.1 Å². The van der Waals surface area contributed by atoms with Gasteiger partial charge in [-0.15, -0.1) is 0 Å². The number of carbonyl (C=O) groups excluding carboxylic acids is 2. The number of hydrogen-bond donors (Lipinski definition) is 2. The third-order valence-corrected chi connectivity index (χ3v) is 6.24. The van der Waals surface area contributed by atoms with E-state index in [1.165, 1.54) is 25.1 Å². The second-order valence-corrected chi connectivity index (χ2v) is 9.34. The lowest BCUT2D eigenvalue weighted by atomic mass is 10.1. The summed E-state index contributed by atoms with van der Waals surface area (Å²) in [6.45, 7) is 0.934. The molecule has 0 aliphatic rings. The quantitative estimate of drug-likeness (QED) is 0.384. The number of alkyl halides is 3. The van der Waals surface area contributed by atoms with Crippen LogP contribution in [0.5, 0.6) is 5.75 Å². The van der Waals surface area contributed by atoms with Gasteiger partial charge in [-0.1, -0.05) is 29.8 Å². The maximum absolute atomic E-state index is 12.9. The number of carbonyl (C=O) groups is 2. The van der Waals surface area contributed by atoms with Crippen molar-refractivity contribution in [2.24, 2.45) is 0 Å². The smallest absolute Gasteiger partial charge is 0.416 e. The molecule has 0 heterocycles. The van der Waals surface area contributed by atoms with Gasteiger partial charge in [-0.05, 0) is 55.5 Å². The number of Topliss-reactive ketones (excluding diaryl/α,β-unsaturated/α-hetero) is 1. The number of benzene rings is 3. The summed E-state index contributed by atoms with van der Waals surface area (Å²) in [5, 5.41) is 2.42. The van der Waals surface area contributed by atoms with E-state index in [1.807, 2.05) is 0 Å². The predicted molar refractivity (Wildman–Crippen MR) is 124 cm³/mol.